The van der Waals surface area contributed by atoms with Crippen LogP contribution in [0, 0.1) is 11.3 Å². The van der Waals surface area contributed by atoms with Gasteiger partial charge in [-0.3, -0.25) is 5.32 Å². The Hall–Kier alpha value is -0.120. The van der Waals surface area contributed by atoms with Gasteiger partial charge in [0.1, 0.15) is 5.72 Å². The Bertz CT molecular complexity index is 278. The van der Waals surface area contributed by atoms with E-state index in [9.17, 15) is 0 Å². The number of hydrogen-bond acceptors (Lipinski definition) is 3. The minimum atomic E-state index is -0.122. The Morgan fingerprint density at radius 2 is 2.00 bits per heavy atom. The highest BCUT2D eigenvalue weighted by Crippen LogP contribution is 2.34. The summed E-state index contributed by atoms with van der Waals surface area (Å²) in [6.45, 7) is 15.7. The van der Waals surface area contributed by atoms with E-state index < -0.39 is 0 Å². The molecule has 2 aliphatic heterocycles. The van der Waals surface area contributed by atoms with Gasteiger partial charge in [0.05, 0.1) is 6.61 Å². The number of nitrogens with zero attached hydrogens (tertiary/aromatic N) is 1. The molecule has 2 fully saturated rings. The van der Waals surface area contributed by atoms with Crippen LogP contribution in [0.1, 0.15) is 47.5 Å². The molecule has 106 valence electrons. The fraction of sp³-hybridized carbons (Fsp3) is 1.00. The highest BCUT2D eigenvalue weighted by atomic mass is 16.5. The monoisotopic (exact) mass is 254 g/mol. The first kappa shape index (κ1) is 14.3. The highest BCUT2D eigenvalue weighted by molar-refractivity contribution is 4.92. The van der Waals surface area contributed by atoms with Crippen LogP contribution < -0.4 is 5.32 Å². The quantitative estimate of drug-likeness (QED) is 0.819. The summed E-state index contributed by atoms with van der Waals surface area (Å²) in [6.07, 6.45) is 2.58. The summed E-state index contributed by atoms with van der Waals surface area (Å²) in [7, 11) is 0. The fourth-order valence-corrected chi connectivity index (χ4v) is 3.05. The Kier molecular flexibility index (Phi) is 4.05. The van der Waals surface area contributed by atoms with Crippen molar-refractivity contribution < 1.29 is 4.74 Å². The van der Waals surface area contributed by atoms with E-state index in [4.69, 9.17) is 4.74 Å². The standard InChI is InChI=1S/C15H30N2O/c1-12(2)17-8-6-7-13(9-17)15(5)16-10-14(3,4)11-18-15/h12-13,16H,6-11H2,1-5H3. The maximum atomic E-state index is 6.21. The van der Waals surface area contributed by atoms with E-state index >= 15 is 0 Å². The Labute approximate surface area is 112 Å². The summed E-state index contributed by atoms with van der Waals surface area (Å²) in [5, 5.41) is 3.67. The lowest BCUT2D eigenvalue weighted by atomic mass is 9.84. The van der Waals surface area contributed by atoms with Gasteiger partial charge >= 0.3 is 0 Å². The molecule has 0 aromatic rings. The average Bonchev–Trinajstić information content (AvgIpc) is 2.34. The van der Waals surface area contributed by atoms with Crippen LogP contribution in [0.5, 0.6) is 0 Å². The molecule has 2 heterocycles. The van der Waals surface area contributed by atoms with Crippen LogP contribution in [0.25, 0.3) is 0 Å². The zero-order valence-electron chi connectivity index (χ0n) is 12.8. The van der Waals surface area contributed by atoms with Gasteiger partial charge in [-0.15, -0.1) is 0 Å². The SMILES string of the molecule is CC(C)N1CCCC(C2(C)NCC(C)(C)CO2)C1. The molecule has 1 N–H and O–H groups in total. The molecule has 0 amide bonds. The first-order valence-electron chi connectivity index (χ1n) is 7.45. The number of ether oxygens (including phenoxy) is 1. The van der Waals surface area contributed by atoms with Gasteiger partial charge < -0.3 is 9.64 Å². The lowest BCUT2D eigenvalue weighted by molar-refractivity contribution is -0.167. The summed E-state index contributed by atoms with van der Waals surface area (Å²) in [5.41, 5.74) is 0.148. The zero-order valence-corrected chi connectivity index (χ0v) is 12.8. The Balaban J connectivity index is 1.98. The van der Waals surface area contributed by atoms with Gasteiger partial charge in [0.15, 0.2) is 0 Å². The first-order valence-corrected chi connectivity index (χ1v) is 7.45. The predicted octanol–water partition coefficient (Wildman–Crippen LogP) is 2.47. The molecular formula is C15H30N2O. The second-order valence-electron chi connectivity index (χ2n) is 7.34. The minimum absolute atomic E-state index is 0.122. The molecule has 2 unspecified atom stereocenters. The molecule has 3 heteroatoms. The van der Waals surface area contributed by atoms with Gasteiger partial charge in [-0.1, -0.05) is 13.8 Å². The van der Waals surface area contributed by atoms with Gasteiger partial charge in [-0.2, -0.15) is 0 Å². The lowest BCUT2D eigenvalue weighted by Gasteiger charge is -2.49. The Morgan fingerprint density at radius 1 is 1.28 bits per heavy atom. The molecule has 2 aliphatic rings. The molecule has 2 rings (SSSR count). The third kappa shape index (κ3) is 3.06. The third-order valence-corrected chi connectivity index (χ3v) is 4.64. The Morgan fingerprint density at radius 3 is 2.56 bits per heavy atom. The minimum Gasteiger partial charge on any atom is -0.360 e. The summed E-state index contributed by atoms with van der Waals surface area (Å²) < 4.78 is 6.21. The van der Waals surface area contributed by atoms with Crippen molar-refractivity contribution in [2.45, 2.75) is 59.2 Å². The molecule has 0 bridgehead atoms. The second kappa shape index (κ2) is 5.10. The highest BCUT2D eigenvalue weighted by Gasteiger charge is 2.42. The smallest absolute Gasteiger partial charge is 0.120 e. The van der Waals surface area contributed by atoms with E-state index in [1.165, 1.54) is 25.9 Å². The molecule has 18 heavy (non-hydrogen) atoms. The van der Waals surface area contributed by atoms with E-state index in [1.54, 1.807) is 0 Å². The molecule has 0 aromatic carbocycles. The van der Waals surface area contributed by atoms with Crippen LogP contribution in [0.4, 0.5) is 0 Å². The molecule has 0 saturated carbocycles. The molecule has 2 atom stereocenters. The van der Waals surface area contributed by atoms with Crippen molar-refractivity contribution in [3.63, 3.8) is 0 Å². The van der Waals surface area contributed by atoms with Crippen LogP contribution in [0.15, 0.2) is 0 Å². The van der Waals surface area contributed by atoms with Crippen LogP contribution >= 0.6 is 0 Å². The van der Waals surface area contributed by atoms with Gasteiger partial charge in [0.2, 0.25) is 0 Å². The average molecular weight is 254 g/mol. The lowest BCUT2D eigenvalue weighted by Crippen LogP contribution is -2.62. The van der Waals surface area contributed by atoms with E-state index in [0.717, 1.165) is 13.2 Å². The predicted molar refractivity (Wildman–Crippen MR) is 75.6 cm³/mol. The number of rotatable bonds is 2. The first-order chi connectivity index (χ1) is 8.32. The van der Waals surface area contributed by atoms with Crippen LogP contribution in [0.3, 0.4) is 0 Å². The van der Waals surface area contributed by atoms with Crippen LogP contribution in [0.2, 0.25) is 0 Å². The molecule has 2 saturated heterocycles. The van der Waals surface area contributed by atoms with E-state index in [2.05, 4.69) is 44.8 Å². The van der Waals surface area contributed by atoms with Crippen molar-refractivity contribution >= 4 is 0 Å². The molecule has 3 nitrogen and oxygen atoms in total. The van der Waals surface area contributed by atoms with Crippen molar-refractivity contribution in [1.82, 2.24) is 10.2 Å². The van der Waals surface area contributed by atoms with Gasteiger partial charge in [-0.05, 0) is 40.2 Å². The maximum absolute atomic E-state index is 6.21. The summed E-state index contributed by atoms with van der Waals surface area (Å²) >= 11 is 0. The van der Waals surface area contributed by atoms with Crippen molar-refractivity contribution in [1.29, 1.82) is 0 Å². The third-order valence-electron chi connectivity index (χ3n) is 4.64. The van der Waals surface area contributed by atoms with E-state index in [1.807, 2.05) is 0 Å². The number of likely N-dealkylation sites (tertiary alicyclic amines) is 1. The van der Waals surface area contributed by atoms with E-state index in [0.29, 0.717) is 12.0 Å². The fourth-order valence-electron chi connectivity index (χ4n) is 3.05. The number of hydrogen-bond donors (Lipinski definition) is 1. The van der Waals surface area contributed by atoms with Gasteiger partial charge in [-0.25, -0.2) is 0 Å². The second-order valence-corrected chi connectivity index (χ2v) is 7.34. The van der Waals surface area contributed by atoms with Gasteiger partial charge in [0.25, 0.3) is 0 Å². The van der Waals surface area contributed by atoms with Gasteiger partial charge in [0, 0.05) is 30.5 Å². The van der Waals surface area contributed by atoms with Crippen LogP contribution in [-0.4, -0.2) is 42.9 Å². The van der Waals surface area contributed by atoms with Crippen LogP contribution in [-0.2, 0) is 4.74 Å². The zero-order chi connectivity index (χ0) is 13.4. The van der Waals surface area contributed by atoms with Crippen molar-refractivity contribution in [3.8, 4) is 0 Å². The number of nitrogens with one attached hydrogen (secondary N) is 1. The van der Waals surface area contributed by atoms with Crippen molar-refractivity contribution in [2.75, 3.05) is 26.2 Å². The molecule has 0 spiro atoms. The largest absolute Gasteiger partial charge is 0.360 e. The molecular weight excluding hydrogens is 224 g/mol. The molecule has 0 aliphatic carbocycles. The summed E-state index contributed by atoms with van der Waals surface area (Å²) in [6, 6.07) is 0.649. The summed E-state index contributed by atoms with van der Waals surface area (Å²) in [4.78, 5) is 2.59. The summed E-state index contributed by atoms with van der Waals surface area (Å²) in [5.74, 6) is 0.616. The molecule has 0 radical (unpaired) electrons. The van der Waals surface area contributed by atoms with E-state index in [-0.39, 0.29) is 11.1 Å². The molecule has 0 aromatic heterocycles. The normalized spacial score (nSPS) is 38.0. The van der Waals surface area contributed by atoms with Crippen molar-refractivity contribution in [3.05, 3.63) is 0 Å². The topological polar surface area (TPSA) is 24.5 Å². The number of piperidine rings is 1. The maximum Gasteiger partial charge on any atom is 0.120 e. The van der Waals surface area contributed by atoms with Crippen molar-refractivity contribution in [2.24, 2.45) is 11.3 Å².